The molecule has 29 heavy (non-hydrogen) atoms. The molecule has 0 aromatic heterocycles. The molecule has 1 amide bonds. The SMILES string of the molecule is Cc1cc(C)cc(OCCNC(=O)[C@@H](C)N(c2cc(Cl)cc(Cl)c2)S(C)(=O)=O)c1. The molecule has 2 aromatic rings. The van der Waals surface area contributed by atoms with Crippen LogP contribution in [0.3, 0.4) is 0 Å². The van der Waals surface area contributed by atoms with Crippen molar-refractivity contribution >= 4 is 44.8 Å². The lowest BCUT2D eigenvalue weighted by atomic mass is 10.1. The highest BCUT2D eigenvalue weighted by molar-refractivity contribution is 7.92. The highest BCUT2D eigenvalue weighted by Crippen LogP contribution is 2.28. The number of ether oxygens (including phenoxy) is 1. The maximum absolute atomic E-state index is 12.6. The average molecular weight is 459 g/mol. The first-order valence-corrected chi connectivity index (χ1v) is 11.5. The lowest BCUT2D eigenvalue weighted by Crippen LogP contribution is -2.48. The molecule has 0 saturated carbocycles. The van der Waals surface area contributed by atoms with Crippen molar-refractivity contribution < 1.29 is 17.9 Å². The van der Waals surface area contributed by atoms with Crippen LogP contribution in [0.1, 0.15) is 18.1 Å². The quantitative estimate of drug-likeness (QED) is 0.607. The third-order valence-electron chi connectivity index (χ3n) is 4.06. The lowest BCUT2D eigenvalue weighted by molar-refractivity contribution is -0.121. The Morgan fingerprint density at radius 3 is 2.14 bits per heavy atom. The molecule has 2 rings (SSSR count). The Labute approximate surface area is 181 Å². The largest absolute Gasteiger partial charge is 0.492 e. The summed E-state index contributed by atoms with van der Waals surface area (Å²) in [5, 5.41) is 3.24. The van der Waals surface area contributed by atoms with Crippen molar-refractivity contribution in [1.29, 1.82) is 0 Å². The van der Waals surface area contributed by atoms with E-state index in [-0.39, 0.29) is 28.9 Å². The normalized spacial score (nSPS) is 12.3. The summed E-state index contributed by atoms with van der Waals surface area (Å²) in [4.78, 5) is 12.6. The summed E-state index contributed by atoms with van der Waals surface area (Å²) in [6.45, 7) is 5.93. The second-order valence-electron chi connectivity index (χ2n) is 6.83. The van der Waals surface area contributed by atoms with E-state index in [0.29, 0.717) is 0 Å². The molecule has 2 aromatic carbocycles. The highest BCUT2D eigenvalue weighted by Gasteiger charge is 2.29. The lowest BCUT2D eigenvalue weighted by Gasteiger charge is -2.28. The third kappa shape index (κ3) is 6.80. The number of benzene rings is 2. The number of sulfonamides is 1. The van der Waals surface area contributed by atoms with Crippen LogP contribution in [-0.4, -0.2) is 39.8 Å². The molecule has 0 saturated heterocycles. The summed E-state index contributed by atoms with van der Waals surface area (Å²) in [6.07, 6.45) is 1.02. The van der Waals surface area contributed by atoms with Crippen molar-refractivity contribution in [1.82, 2.24) is 5.32 Å². The molecule has 0 radical (unpaired) electrons. The zero-order valence-corrected chi connectivity index (χ0v) is 19.0. The monoisotopic (exact) mass is 458 g/mol. The van der Waals surface area contributed by atoms with Gasteiger partial charge in [-0.3, -0.25) is 9.10 Å². The topological polar surface area (TPSA) is 75.7 Å². The van der Waals surface area contributed by atoms with E-state index in [2.05, 4.69) is 5.32 Å². The Morgan fingerprint density at radius 1 is 1.07 bits per heavy atom. The van der Waals surface area contributed by atoms with Crippen molar-refractivity contribution in [3.63, 3.8) is 0 Å². The first-order chi connectivity index (χ1) is 13.5. The van der Waals surface area contributed by atoms with Gasteiger partial charge in [0.2, 0.25) is 15.9 Å². The fraction of sp³-hybridized carbons (Fsp3) is 0.350. The maximum atomic E-state index is 12.6. The Hall–Kier alpha value is -1.96. The van der Waals surface area contributed by atoms with Crippen LogP contribution in [0.25, 0.3) is 0 Å². The highest BCUT2D eigenvalue weighted by atomic mass is 35.5. The number of carbonyl (C=O) groups excluding carboxylic acids is 1. The average Bonchev–Trinajstić information content (AvgIpc) is 2.55. The number of rotatable bonds is 8. The van der Waals surface area contributed by atoms with E-state index in [4.69, 9.17) is 27.9 Å². The van der Waals surface area contributed by atoms with E-state index in [0.717, 1.165) is 27.4 Å². The van der Waals surface area contributed by atoms with E-state index in [1.807, 2.05) is 32.0 Å². The number of hydrogen-bond acceptors (Lipinski definition) is 4. The number of aryl methyl sites for hydroxylation is 2. The van der Waals surface area contributed by atoms with E-state index >= 15 is 0 Å². The molecular formula is C20H24Cl2N2O4S. The number of anilines is 1. The van der Waals surface area contributed by atoms with Crippen LogP contribution in [0.2, 0.25) is 10.0 Å². The summed E-state index contributed by atoms with van der Waals surface area (Å²) in [5.74, 6) is 0.256. The third-order valence-corrected chi connectivity index (χ3v) is 5.73. The Kier molecular flexibility index (Phi) is 7.80. The number of nitrogens with one attached hydrogen (secondary N) is 1. The predicted molar refractivity (Wildman–Crippen MR) is 118 cm³/mol. The Balaban J connectivity index is 2.03. The number of hydrogen-bond donors (Lipinski definition) is 1. The van der Waals surface area contributed by atoms with E-state index in [9.17, 15) is 13.2 Å². The van der Waals surface area contributed by atoms with Gasteiger partial charge >= 0.3 is 0 Å². The van der Waals surface area contributed by atoms with Gasteiger partial charge in [-0.15, -0.1) is 0 Å². The van der Waals surface area contributed by atoms with Gasteiger partial charge in [0.15, 0.2) is 0 Å². The van der Waals surface area contributed by atoms with Gasteiger partial charge in [0.05, 0.1) is 18.5 Å². The molecule has 0 aliphatic rings. The molecule has 158 valence electrons. The summed E-state index contributed by atoms with van der Waals surface area (Å²) in [6, 6.07) is 9.24. The zero-order valence-electron chi connectivity index (χ0n) is 16.7. The minimum atomic E-state index is -3.75. The van der Waals surface area contributed by atoms with E-state index < -0.39 is 22.0 Å². The first-order valence-electron chi connectivity index (χ1n) is 8.91. The van der Waals surface area contributed by atoms with Gasteiger partial charge in [-0.2, -0.15) is 0 Å². The molecule has 0 spiro atoms. The smallest absolute Gasteiger partial charge is 0.243 e. The molecule has 0 aliphatic heterocycles. The molecule has 0 heterocycles. The summed E-state index contributed by atoms with van der Waals surface area (Å²) in [7, 11) is -3.75. The van der Waals surface area contributed by atoms with Crippen molar-refractivity contribution in [3.05, 3.63) is 57.6 Å². The Bertz CT molecular complexity index is 955. The zero-order chi connectivity index (χ0) is 21.8. The van der Waals surface area contributed by atoms with Crippen molar-refractivity contribution in [2.45, 2.75) is 26.8 Å². The van der Waals surface area contributed by atoms with Gasteiger partial charge in [0.1, 0.15) is 18.4 Å². The number of halogens is 2. The number of nitrogens with zero attached hydrogens (tertiary/aromatic N) is 1. The van der Waals surface area contributed by atoms with Gasteiger partial charge in [0.25, 0.3) is 0 Å². The summed E-state index contributed by atoms with van der Waals surface area (Å²) in [5.41, 5.74) is 2.39. The minimum absolute atomic E-state index is 0.221. The van der Waals surface area contributed by atoms with E-state index in [1.54, 1.807) is 0 Å². The van der Waals surface area contributed by atoms with Crippen molar-refractivity contribution in [2.75, 3.05) is 23.7 Å². The number of amides is 1. The number of carbonyl (C=O) groups is 1. The van der Waals surface area contributed by atoms with Crippen LogP contribution in [0.15, 0.2) is 36.4 Å². The maximum Gasteiger partial charge on any atom is 0.243 e. The van der Waals surface area contributed by atoms with Crippen LogP contribution < -0.4 is 14.4 Å². The van der Waals surface area contributed by atoms with Gasteiger partial charge in [0, 0.05) is 10.0 Å². The van der Waals surface area contributed by atoms with Crippen molar-refractivity contribution in [3.8, 4) is 5.75 Å². The van der Waals surface area contributed by atoms with Crippen LogP contribution in [0.4, 0.5) is 5.69 Å². The van der Waals surface area contributed by atoms with Gasteiger partial charge in [-0.05, 0) is 62.2 Å². The molecule has 1 atom stereocenters. The molecular weight excluding hydrogens is 435 g/mol. The van der Waals surface area contributed by atoms with Gasteiger partial charge in [-0.1, -0.05) is 29.3 Å². The molecule has 0 unspecified atom stereocenters. The second-order valence-corrected chi connectivity index (χ2v) is 9.56. The van der Waals surface area contributed by atoms with Gasteiger partial charge < -0.3 is 10.1 Å². The molecule has 0 bridgehead atoms. The molecule has 6 nitrogen and oxygen atoms in total. The van der Waals surface area contributed by atoms with Crippen LogP contribution in [-0.2, 0) is 14.8 Å². The van der Waals surface area contributed by atoms with Crippen LogP contribution in [0, 0.1) is 13.8 Å². The van der Waals surface area contributed by atoms with Crippen LogP contribution in [0.5, 0.6) is 5.75 Å². The minimum Gasteiger partial charge on any atom is -0.492 e. The summed E-state index contributed by atoms with van der Waals surface area (Å²) >= 11 is 12.0. The molecule has 1 N–H and O–H groups in total. The first kappa shape index (κ1) is 23.3. The molecule has 9 heteroatoms. The molecule has 0 fully saturated rings. The summed E-state index contributed by atoms with van der Waals surface area (Å²) < 4.78 is 31.3. The van der Waals surface area contributed by atoms with Crippen molar-refractivity contribution in [2.24, 2.45) is 0 Å². The van der Waals surface area contributed by atoms with E-state index in [1.165, 1.54) is 25.1 Å². The fourth-order valence-electron chi connectivity index (χ4n) is 2.98. The van der Waals surface area contributed by atoms with Crippen LogP contribution >= 0.6 is 23.2 Å². The predicted octanol–water partition coefficient (Wildman–Crippen LogP) is 3.96. The standard InChI is InChI=1S/C20H24Cl2N2O4S/c1-13-7-14(2)9-19(8-13)28-6-5-23-20(25)15(3)24(29(4,26)27)18-11-16(21)10-17(22)12-18/h7-12,15H,5-6H2,1-4H3,(H,23,25)/t15-/m1/s1. The molecule has 0 aliphatic carbocycles. The van der Waals surface area contributed by atoms with Gasteiger partial charge in [-0.25, -0.2) is 8.42 Å². The fourth-order valence-corrected chi connectivity index (χ4v) is 4.66. The Morgan fingerprint density at radius 2 is 1.62 bits per heavy atom. The second kappa shape index (κ2) is 9.69.